The topological polar surface area (TPSA) is 0 Å². The molecule has 1 atom stereocenters. The Morgan fingerprint density at radius 3 is 2.20 bits per heavy atom. The van der Waals surface area contributed by atoms with Gasteiger partial charge in [-0.2, -0.15) is 0 Å². The van der Waals surface area contributed by atoms with Crippen LogP contribution in [0.1, 0.15) is 0 Å². The van der Waals surface area contributed by atoms with Crippen molar-refractivity contribution in [1.29, 1.82) is 0 Å². The summed E-state index contributed by atoms with van der Waals surface area (Å²) >= 11 is 6.14. The minimum atomic E-state index is -0.417. The second-order valence-electron chi connectivity index (χ2n) is 0.559. The van der Waals surface area contributed by atoms with Crippen LogP contribution in [0.2, 0.25) is 0 Å². The van der Waals surface area contributed by atoms with Crippen molar-refractivity contribution in [3.8, 4) is 0 Å². The molecule has 0 saturated heterocycles. The van der Waals surface area contributed by atoms with Gasteiger partial charge in [0.15, 0.2) is 0 Å². The van der Waals surface area contributed by atoms with E-state index in [1.54, 1.807) is 0 Å². The third-order valence-electron chi connectivity index (χ3n) is 0.122. The van der Waals surface area contributed by atoms with Crippen molar-refractivity contribution in [3.63, 3.8) is 0 Å². The van der Waals surface area contributed by atoms with E-state index in [1.165, 1.54) is 0 Å². The molecule has 1 unspecified atom stereocenters. The molecule has 0 bridgehead atoms. The zero-order valence-corrected chi connectivity index (χ0v) is 6.50. The summed E-state index contributed by atoms with van der Waals surface area (Å²) in [5.74, 6) is 0. The fourth-order valence-electron chi connectivity index (χ4n) is 0. The Balaban J connectivity index is 2.97. The third-order valence-corrected chi connectivity index (χ3v) is 4.62. The Morgan fingerprint density at radius 2 is 2.20 bits per heavy atom. The van der Waals surface area contributed by atoms with Gasteiger partial charge in [-0.25, -0.2) is 0 Å². The van der Waals surface area contributed by atoms with Crippen molar-refractivity contribution < 1.29 is 0 Å². The van der Waals surface area contributed by atoms with Crippen molar-refractivity contribution in [2.45, 2.75) is 0 Å². The molecule has 0 aliphatic heterocycles. The first kappa shape index (κ1) is 6.44. The SMILES string of the molecule is B#P(S)CI. The molecule has 0 aromatic heterocycles. The molecular formula is CH3BIPS. The van der Waals surface area contributed by atoms with E-state index in [1.807, 2.05) is 0 Å². The number of halogens is 1. The van der Waals surface area contributed by atoms with Crippen molar-refractivity contribution in [2.75, 3.05) is 4.17 Å². The molecular weight excluding hydrogens is 213 g/mol. The van der Waals surface area contributed by atoms with Crippen LogP contribution in [-0.2, 0) is 0 Å². The van der Waals surface area contributed by atoms with Gasteiger partial charge in [-0.15, -0.1) is 0 Å². The van der Waals surface area contributed by atoms with Crippen LogP contribution in [0.25, 0.3) is 0 Å². The summed E-state index contributed by atoms with van der Waals surface area (Å²) < 4.78 is 0.982. The first-order chi connectivity index (χ1) is 2.27. The normalized spacial score (nSPS) is 11.6. The van der Waals surface area contributed by atoms with E-state index in [0.29, 0.717) is 0 Å². The van der Waals surface area contributed by atoms with Crippen molar-refractivity contribution in [3.05, 3.63) is 0 Å². The molecule has 0 aromatic carbocycles. The molecule has 28 valence electrons. The predicted octanol–water partition coefficient (Wildman–Crippen LogP) is 1.79. The fourth-order valence-corrected chi connectivity index (χ4v) is 0. The van der Waals surface area contributed by atoms with Crippen molar-refractivity contribution in [1.82, 2.24) is 0 Å². The van der Waals surface area contributed by atoms with E-state index < -0.39 is 6.44 Å². The van der Waals surface area contributed by atoms with Crippen LogP contribution < -0.4 is 0 Å². The molecule has 0 saturated carbocycles. The molecule has 0 aromatic rings. The molecule has 0 nitrogen and oxygen atoms in total. The summed E-state index contributed by atoms with van der Waals surface area (Å²) in [5.41, 5.74) is 0. The molecule has 0 amide bonds. The zero-order chi connectivity index (χ0) is 4.28. The van der Waals surface area contributed by atoms with Gasteiger partial charge < -0.3 is 0 Å². The molecule has 0 fully saturated rings. The second-order valence-corrected chi connectivity index (χ2v) is 5.27. The van der Waals surface area contributed by atoms with Crippen molar-refractivity contribution >= 4 is 48.3 Å². The Labute approximate surface area is 52.4 Å². The van der Waals surface area contributed by atoms with E-state index >= 15 is 0 Å². The number of alkyl halides is 1. The molecule has 4 heteroatoms. The van der Waals surface area contributed by atoms with E-state index in [4.69, 9.17) is 7.01 Å². The molecule has 0 spiro atoms. The molecule has 5 heavy (non-hydrogen) atoms. The molecule has 0 aliphatic carbocycles. The summed E-state index contributed by atoms with van der Waals surface area (Å²) in [7, 11) is 5.21. The van der Waals surface area contributed by atoms with Gasteiger partial charge in [-0.3, -0.25) is 0 Å². The summed E-state index contributed by atoms with van der Waals surface area (Å²) in [5, 5.41) is 0. The minimum absolute atomic E-state index is 0.417. The standard InChI is InChI=1S/CH3BIPS/c2-4(5)1-3/h5H,1H2. The van der Waals surface area contributed by atoms with Gasteiger partial charge in [-0.1, -0.05) is 0 Å². The Hall–Kier alpha value is 1.44. The Kier molecular flexibility index (Phi) is 4.68. The van der Waals surface area contributed by atoms with E-state index in [9.17, 15) is 0 Å². The molecule has 0 radical (unpaired) electrons. The van der Waals surface area contributed by atoms with Gasteiger partial charge in [0.1, 0.15) is 0 Å². The van der Waals surface area contributed by atoms with Gasteiger partial charge in [0.05, 0.1) is 0 Å². The molecule has 0 rings (SSSR count). The van der Waals surface area contributed by atoms with Gasteiger partial charge in [0.2, 0.25) is 0 Å². The summed E-state index contributed by atoms with van der Waals surface area (Å²) in [6.07, 6.45) is -0.417. The zero-order valence-electron chi connectivity index (χ0n) is 2.56. The first-order valence-corrected chi connectivity index (χ1v) is 5.32. The third kappa shape index (κ3) is 5.44. The van der Waals surface area contributed by atoms with Gasteiger partial charge in [-0.05, 0) is 0 Å². The van der Waals surface area contributed by atoms with Crippen LogP contribution in [-0.4, -0.2) is 11.2 Å². The molecule has 0 aliphatic rings. The molecule has 0 heterocycles. The van der Waals surface area contributed by atoms with Gasteiger partial charge in [0, 0.05) is 0 Å². The van der Waals surface area contributed by atoms with Crippen LogP contribution >= 0.6 is 41.3 Å². The Bertz CT molecular complexity index is 73.5. The number of thiol groups is 1. The summed E-state index contributed by atoms with van der Waals surface area (Å²) in [4.78, 5) is 0. The first-order valence-electron chi connectivity index (χ1n) is 1.04. The maximum atomic E-state index is 5.21. The van der Waals surface area contributed by atoms with Crippen LogP contribution in [0.4, 0.5) is 0 Å². The number of hydrogen-bond acceptors (Lipinski definition) is 1. The van der Waals surface area contributed by atoms with E-state index in [-0.39, 0.29) is 0 Å². The average molecular weight is 216 g/mol. The van der Waals surface area contributed by atoms with Crippen molar-refractivity contribution in [2.24, 2.45) is 0 Å². The van der Waals surface area contributed by atoms with Gasteiger partial charge >= 0.3 is 52.5 Å². The van der Waals surface area contributed by atoms with E-state index in [2.05, 4.69) is 34.8 Å². The Morgan fingerprint density at radius 1 is 2.00 bits per heavy atom. The fraction of sp³-hybridized carbons (Fsp3) is 1.00. The van der Waals surface area contributed by atoms with Crippen LogP contribution in [0.3, 0.4) is 0 Å². The number of rotatable bonds is 0. The average Bonchev–Trinajstić information content (AvgIpc) is 1.38. The summed E-state index contributed by atoms with van der Waals surface area (Å²) in [6, 6.07) is 0. The van der Waals surface area contributed by atoms with E-state index in [0.717, 1.165) is 4.17 Å². The van der Waals surface area contributed by atoms with Crippen LogP contribution in [0.15, 0.2) is 0 Å². The molecule has 0 N–H and O–H groups in total. The second kappa shape index (κ2) is 3.63. The van der Waals surface area contributed by atoms with Crippen LogP contribution in [0.5, 0.6) is 0 Å². The quantitative estimate of drug-likeness (QED) is 0.206. The maximum absolute atomic E-state index is 5.21. The van der Waals surface area contributed by atoms with Crippen LogP contribution in [0, 0.1) is 0 Å². The monoisotopic (exact) mass is 216 g/mol. The predicted molar refractivity (Wildman–Crippen MR) is 40.5 cm³/mol. The summed E-state index contributed by atoms with van der Waals surface area (Å²) in [6.45, 7) is 0. The van der Waals surface area contributed by atoms with Gasteiger partial charge in [0.25, 0.3) is 0 Å². The number of hydrogen-bond donors (Lipinski definition) is 1.